The number of carbonyl (C=O) groups excluding carboxylic acids is 1. The molecule has 3 aliphatic rings. The molecule has 1 saturated carbocycles. The Bertz CT molecular complexity index is 721. The van der Waals surface area contributed by atoms with Crippen LogP contribution in [0.15, 0.2) is 12.1 Å². The zero-order valence-electron chi connectivity index (χ0n) is 15.4. The molecule has 2 aliphatic heterocycles. The molecule has 1 aromatic carbocycles. The Kier molecular flexibility index (Phi) is 4.75. The summed E-state index contributed by atoms with van der Waals surface area (Å²) in [6.45, 7) is 3.94. The SMILES string of the molecule is CN1CCC[C@]2(CC[C@@H](N3CCc4cc(C(=O)NO)cc(F)c4C3)C2)C1.[HH].[HH]. The van der Waals surface area contributed by atoms with Gasteiger partial charge in [0.15, 0.2) is 0 Å². The van der Waals surface area contributed by atoms with Crippen LogP contribution in [0.5, 0.6) is 0 Å². The van der Waals surface area contributed by atoms with Crippen LogP contribution in [0, 0.1) is 11.2 Å². The summed E-state index contributed by atoms with van der Waals surface area (Å²) in [5.41, 5.74) is 3.83. The highest BCUT2D eigenvalue weighted by Crippen LogP contribution is 2.46. The topological polar surface area (TPSA) is 55.8 Å². The van der Waals surface area contributed by atoms with E-state index in [-0.39, 0.29) is 14.2 Å². The number of hydrogen-bond acceptors (Lipinski definition) is 4. The smallest absolute Gasteiger partial charge is 0.274 e. The molecule has 5 nitrogen and oxygen atoms in total. The van der Waals surface area contributed by atoms with E-state index in [0.29, 0.717) is 23.6 Å². The summed E-state index contributed by atoms with van der Waals surface area (Å²) in [6, 6.07) is 3.49. The highest BCUT2D eigenvalue weighted by Gasteiger charge is 2.43. The third kappa shape index (κ3) is 3.26. The number of likely N-dealkylation sites (tertiary alicyclic amines) is 1. The molecule has 0 bridgehead atoms. The minimum Gasteiger partial charge on any atom is -0.306 e. The maximum Gasteiger partial charge on any atom is 0.274 e. The zero-order valence-corrected chi connectivity index (χ0v) is 15.4. The number of rotatable bonds is 2. The fourth-order valence-electron chi connectivity index (χ4n) is 5.46. The monoisotopic (exact) mass is 365 g/mol. The fourth-order valence-corrected chi connectivity index (χ4v) is 5.46. The molecule has 0 unspecified atom stereocenters. The number of benzene rings is 1. The molecule has 1 spiro atoms. The van der Waals surface area contributed by atoms with Gasteiger partial charge in [0.2, 0.25) is 0 Å². The summed E-state index contributed by atoms with van der Waals surface area (Å²) in [6.07, 6.45) is 7.07. The van der Waals surface area contributed by atoms with Crippen molar-refractivity contribution in [1.82, 2.24) is 15.3 Å². The van der Waals surface area contributed by atoms with Crippen molar-refractivity contribution in [3.63, 3.8) is 0 Å². The van der Waals surface area contributed by atoms with E-state index in [0.717, 1.165) is 18.5 Å². The van der Waals surface area contributed by atoms with Gasteiger partial charge < -0.3 is 4.90 Å². The van der Waals surface area contributed by atoms with Crippen molar-refractivity contribution < 1.29 is 17.2 Å². The molecule has 6 heteroatoms. The maximum atomic E-state index is 14.6. The predicted molar refractivity (Wildman–Crippen MR) is 101 cm³/mol. The summed E-state index contributed by atoms with van der Waals surface area (Å²) >= 11 is 0. The Labute approximate surface area is 157 Å². The largest absolute Gasteiger partial charge is 0.306 e. The van der Waals surface area contributed by atoms with Gasteiger partial charge in [-0.25, -0.2) is 9.87 Å². The molecule has 2 N–H and O–H groups in total. The lowest BCUT2D eigenvalue weighted by Gasteiger charge is -2.40. The van der Waals surface area contributed by atoms with Crippen LogP contribution < -0.4 is 5.48 Å². The summed E-state index contributed by atoms with van der Waals surface area (Å²) in [5, 5.41) is 8.77. The summed E-state index contributed by atoms with van der Waals surface area (Å²) in [5.74, 6) is -0.996. The van der Waals surface area contributed by atoms with E-state index in [1.54, 1.807) is 11.5 Å². The van der Waals surface area contributed by atoms with Crippen molar-refractivity contribution in [3.8, 4) is 0 Å². The predicted octanol–water partition coefficient (Wildman–Crippen LogP) is 3.06. The molecule has 0 aromatic heterocycles. The van der Waals surface area contributed by atoms with Crippen molar-refractivity contribution in [2.24, 2.45) is 5.41 Å². The van der Waals surface area contributed by atoms with E-state index in [2.05, 4.69) is 16.8 Å². The molecule has 1 aliphatic carbocycles. The average molecular weight is 365 g/mol. The Hall–Kier alpha value is -1.50. The normalized spacial score (nSPS) is 29.7. The maximum absolute atomic E-state index is 14.6. The van der Waals surface area contributed by atoms with Gasteiger partial charge >= 0.3 is 0 Å². The Morgan fingerprint density at radius 2 is 2.23 bits per heavy atom. The van der Waals surface area contributed by atoms with Crippen LogP contribution >= 0.6 is 0 Å². The molecule has 2 fully saturated rings. The summed E-state index contributed by atoms with van der Waals surface area (Å²) < 4.78 is 14.6. The van der Waals surface area contributed by atoms with Crippen LogP contribution in [-0.4, -0.2) is 53.6 Å². The lowest BCUT2D eigenvalue weighted by molar-refractivity contribution is 0.0705. The molecule has 1 amide bonds. The van der Waals surface area contributed by atoms with E-state index < -0.39 is 5.91 Å². The minimum absolute atomic E-state index is 0. The van der Waals surface area contributed by atoms with E-state index in [9.17, 15) is 9.18 Å². The van der Waals surface area contributed by atoms with E-state index >= 15 is 0 Å². The molecule has 2 atom stereocenters. The van der Waals surface area contributed by atoms with Crippen LogP contribution in [0.4, 0.5) is 4.39 Å². The number of hydroxylamine groups is 1. The molecular weight excluding hydrogens is 333 g/mol. The van der Waals surface area contributed by atoms with Crippen molar-refractivity contribution in [2.75, 3.05) is 26.7 Å². The van der Waals surface area contributed by atoms with Gasteiger partial charge in [-0.2, -0.15) is 0 Å². The first kappa shape index (κ1) is 17.9. The number of nitrogens with zero attached hydrogens (tertiary/aromatic N) is 2. The van der Waals surface area contributed by atoms with Gasteiger partial charge in [0, 0.05) is 39.7 Å². The second-order valence-electron chi connectivity index (χ2n) is 8.50. The number of hydrogen-bond donors (Lipinski definition) is 2. The van der Waals surface area contributed by atoms with Gasteiger partial charge in [-0.3, -0.25) is 14.9 Å². The van der Waals surface area contributed by atoms with Crippen LogP contribution in [0.3, 0.4) is 0 Å². The zero-order chi connectivity index (χ0) is 18.3. The number of amides is 1. The third-order valence-electron chi connectivity index (χ3n) is 6.73. The van der Waals surface area contributed by atoms with E-state index in [4.69, 9.17) is 5.21 Å². The van der Waals surface area contributed by atoms with Gasteiger partial charge in [-0.1, -0.05) is 0 Å². The molecule has 2 heterocycles. The molecule has 1 aromatic rings. The number of halogens is 1. The molecule has 0 radical (unpaired) electrons. The molecule has 26 heavy (non-hydrogen) atoms. The van der Waals surface area contributed by atoms with Crippen molar-refractivity contribution in [2.45, 2.75) is 51.1 Å². The number of piperidine rings is 1. The summed E-state index contributed by atoms with van der Waals surface area (Å²) in [7, 11) is 2.22. The highest BCUT2D eigenvalue weighted by atomic mass is 19.1. The number of fused-ring (bicyclic) bond motifs is 1. The van der Waals surface area contributed by atoms with Crippen LogP contribution in [0.2, 0.25) is 0 Å². The first-order chi connectivity index (χ1) is 12.5. The second-order valence-corrected chi connectivity index (χ2v) is 8.50. The van der Waals surface area contributed by atoms with E-state index in [1.165, 1.54) is 51.3 Å². The standard InChI is InChI=1S/C20H28FN3O2.2H2/c1-23-7-2-5-20(13-23)6-3-16(11-20)24-8-4-14-9-15(19(25)22-26)10-18(21)17(14)12-24;;/h9-10,16,26H,2-8,11-13H2,1H3,(H,22,25);2*1H/t16-,20-;;/m1../s1. The average Bonchev–Trinajstić information content (AvgIpc) is 3.03. The van der Waals surface area contributed by atoms with Gasteiger partial charge in [-0.15, -0.1) is 0 Å². The fraction of sp³-hybridized carbons (Fsp3) is 0.650. The molecular formula is C20H32FN3O2. The van der Waals surface area contributed by atoms with Crippen LogP contribution in [0.25, 0.3) is 0 Å². The van der Waals surface area contributed by atoms with Gasteiger partial charge in [0.1, 0.15) is 5.82 Å². The van der Waals surface area contributed by atoms with Gasteiger partial charge in [0.05, 0.1) is 0 Å². The highest BCUT2D eigenvalue weighted by molar-refractivity contribution is 5.93. The van der Waals surface area contributed by atoms with Gasteiger partial charge in [0.25, 0.3) is 5.91 Å². The first-order valence-corrected chi connectivity index (χ1v) is 9.68. The first-order valence-electron chi connectivity index (χ1n) is 9.68. The van der Waals surface area contributed by atoms with Crippen molar-refractivity contribution in [3.05, 3.63) is 34.6 Å². The minimum atomic E-state index is -0.659. The Morgan fingerprint density at radius 1 is 1.38 bits per heavy atom. The lowest BCUT2D eigenvalue weighted by Crippen LogP contribution is -2.42. The Morgan fingerprint density at radius 3 is 3.00 bits per heavy atom. The second kappa shape index (κ2) is 6.91. The number of nitrogens with one attached hydrogen (secondary N) is 1. The lowest BCUT2D eigenvalue weighted by atomic mass is 9.78. The van der Waals surface area contributed by atoms with E-state index in [1.807, 2.05) is 0 Å². The number of carbonyl (C=O) groups is 1. The van der Waals surface area contributed by atoms with Crippen LogP contribution in [-0.2, 0) is 13.0 Å². The molecule has 146 valence electrons. The summed E-state index contributed by atoms with van der Waals surface area (Å²) in [4.78, 5) is 16.5. The molecule has 4 rings (SSSR count). The van der Waals surface area contributed by atoms with Crippen LogP contribution in [0.1, 0.15) is 56.4 Å². The van der Waals surface area contributed by atoms with Gasteiger partial charge in [-0.05, 0) is 75.2 Å². The quantitative estimate of drug-likeness (QED) is 0.625. The third-order valence-corrected chi connectivity index (χ3v) is 6.73. The van der Waals surface area contributed by atoms with Crippen molar-refractivity contribution >= 4 is 5.91 Å². The Balaban J connectivity index is 0.00000140. The van der Waals surface area contributed by atoms with Crippen molar-refractivity contribution in [1.29, 1.82) is 0 Å². The molecule has 1 saturated heterocycles.